The van der Waals surface area contributed by atoms with Crippen LogP contribution in [0.3, 0.4) is 0 Å². The van der Waals surface area contributed by atoms with Crippen LogP contribution >= 0.6 is 0 Å². The molecule has 23 heavy (non-hydrogen) atoms. The van der Waals surface area contributed by atoms with Gasteiger partial charge < -0.3 is 10.2 Å². The van der Waals surface area contributed by atoms with Gasteiger partial charge in [-0.3, -0.25) is 9.59 Å². The summed E-state index contributed by atoms with van der Waals surface area (Å²) in [6, 6.07) is 9.25. The molecule has 1 aliphatic heterocycles. The third-order valence-electron chi connectivity index (χ3n) is 3.89. The molecule has 0 saturated heterocycles. The van der Waals surface area contributed by atoms with Crippen molar-refractivity contribution < 1.29 is 18.4 Å². The predicted octanol–water partition coefficient (Wildman–Crippen LogP) is 2.95. The van der Waals surface area contributed by atoms with Crippen LogP contribution < -0.4 is 5.32 Å². The molecule has 2 aromatic rings. The van der Waals surface area contributed by atoms with Gasteiger partial charge in [-0.05, 0) is 30.7 Å². The summed E-state index contributed by atoms with van der Waals surface area (Å²) in [6.07, 6.45) is 0. The molecule has 1 heterocycles. The number of benzene rings is 2. The van der Waals surface area contributed by atoms with Gasteiger partial charge in [-0.2, -0.15) is 0 Å². The van der Waals surface area contributed by atoms with Crippen molar-refractivity contribution in [1.82, 2.24) is 4.90 Å². The third kappa shape index (κ3) is 2.79. The van der Waals surface area contributed by atoms with Crippen LogP contribution in [0, 0.1) is 11.6 Å². The van der Waals surface area contributed by atoms with Crippen LogP contribution in [0.25, 0.3) is 0 Å². The van der Waals surface area contributed by atoms with Crippen LogP contribution in [0.5, 0.6) is 0 Å². The highest BCUT2D eigenvalue weighted by Crippen LogP contribution is 2.25. The molecule has 0 unspecified atom stereocenters. The lowest BCUT2D eigenvalue weighted by atomic mass is 10.1. The van der Waals surface area contributed by atoms with Crippen LogP contribution in [0.15, 0.2) is 42.5 Å². The molecular formula is C17H14F2N2O2. The standard InChI is InChI=1S/C17H14F2N2O2/c1-10(16(22)20-15-7-6-12(18)8-14(15)19)21-9-11-4-2-3-5-13(11)17(21)23/h2-8,10H,9H2,1H3,(H,20,22)/t10-/m0/s1. The fourth-order valence-electron chi connectivity index (χ4n) is 2.56. The highest BCUT2D eigenvalue weighted by molar-refractivity contribution is 6.03. The Morgan fingerprint density at radius 2 is 1.96 bits per heavy atom. The van der Waals surface area contributed by atoms with Gasteiger partial charge in [0.2, 0.25) is 5.91 Å². The maximum atomic E-state index is 13.6. The SMILES string of the molecule is C[C@@H](C(=O)Nc1ccc(F)cc1F)N1Cc2ccccc2C1=O. The van der Waals surface area contributed by atoms with Gasteiger partial charge in [0, 0.05) is 18.2 Å². The largest absolute Gasteiger partial charge is 0.323 e. The Labute approximate surface area is 131 Å². The molecule has 118 valence electrons. The molecule has 0 spiro atoms. The highest BCUT2D eigenvalue weighted by Gasteiger charge is 2.33. The maximum absolute atomic E-state index is 13.6. The van der Waals surface area contributed by atoms with Gasteiger partial charge in [-0.1, -0.05) is 18.2 Å². The first kappa shape index (κ1) is 15.1. The van der Waals surface area contributed by atoms with E-state index in [-0.39, 0.29) is 11.6 Å². The van der Waals surface area contributed by atoms with Gasteiger partial charge in [0.25, 0.3) is 5.91 Å². The number of nitrogens with one attached hydrogen (secondary N) is 1. The molecule has 1 N–H and O–H groups in total. The lowest BCUT2D eigenvalue weighted by Gasteiger charge is -2.23. The number of hydrogen-bond acceptors (Lipinski definition) is 2. The van der Waals surface area contributed by atoms with Gasteiger partial charge >= 0.3 is 0 Å². The predicted molar refractivity (Wildman–Crippen MR) is 80.8 cm³/mol. The number of anilines is 1. The van der Waals surface area contributed by atoms with Crippen molar-refractivity contribution in [2.45, 2.75) is 19.5 Å². The first-order valence-corrected chi connectivity index (χ1v) is 7.12. The van der Waals surface area contributed by atoms with Crippen molar-refractivity contribution >= 4 is 17.5 Å². The molecule has 0 radical (unpaired) electrons. The van der Waals surface area contributed by atoms with Crippen molar-refractivity contribution in [3.8, 4) is 0 Å². The minimum atomic E-state index is -0.860. The smallest absolute Gasteiger partial charge is 0.255 e. The van der Waals surface area contributed by atoms with E-state index in [1.807, 2.05) is 12.1 Å². The van der Waals surface area contributed by atoms with Crippen LogP contribution in [0.1, 0.15) is 22.8 Å². The fourth-order valence-corrected chi connectivity index (χ4v) is 2.56. The van der Waals surface area contributed by atoms with E-state index in [0.717, 1.165) is 17.7 Å². The van der Waals surface area contributed by atoms with Gasteiger partial charge in [0.15, 0.2) is 0 Å². The van der Waals surface area contributed by atoms with Crippen molar-refractivity contribution in [1.29, 1.82) is 0 Å². The molecule has 1 aliphatic rings. The van der Waals surface area contributed by atoms with Crippen molar-refractivity contribution in [2.24, 2.45) is 0 Å². The first-order valence-electron chi connectivity index (χ1n) is 7.12. The topological polar surface area (TPSA) is 49.4 Å². The summed E-state index contributed by atoms with van der Waals surface area (Å²) in [5, 5.41) is 2.39. The number of carbonyl (C=O) groups excluding carboxylic acids is 2. The normalized spacial score (nSPS) is 14.6. The number of halogens is 2. The second-order valence-corrected chi connectivity index (χ2v) is 5.38. The zero-order valence-corrected chi connectivity index (χ0v) is 12.3. The molecule has 2 amide bonds. The maximum Gasteiger partial charge on any atom is 0.255 e. The number of fused-ring (bicyclic) bond motifs is 1. The zero-order valence-electron chi connectivity index (χ0n) is 12.3. The summed E-state index contributed by atoms with van der Waals surface area (Å²) in [7, 11) is 0. The van der Waals surface area contributed by atoms with E-state index in [0.29, 0.717) is 18.2 Å². The lowest BCUT2D eigenvalue weighted by Crippen LogP contribution is -2.42. The molecule has 6 heteroatoms. The van der Waals surface area contributed by atoms with Crippen LogP contribution in [0.4, 0.5) is 14.5 Å². The Balaban J connectivity index is 1.75. The molecule has 0 bridgehead atoms. The Morgan fingerprint density at radius 3 is 2.65 bits per heavy atom. The number of nitrogens with zero attached hydrogens (tertiary/aromatic N) is 1. The molecule has 4 nitrogen and oxygen atoms in total. The Kier molecular flexibility index (Phi) is 3.82. The molecular weight excluding hydrogens is 302 g/mol. The quantitative estimate of drug-likeness (QED) is 0.946. The molecule has 2 aromatic carbocycles. The minimum Gasteiger partial charge on any atom is -0.323 e. The minimum absolute atomic E-state index is 0.118. The number of amides is 2. The molecule has 0 aromatic heterocycles. The summed E-state index contributed by atoms with van der Waals surface area (Å²) in [5.74, 6) is -2.35. The number of carbonyl (C=O) groups is 2. The van der Waals surface area contributed by atoms with E-state index in [2.05, 4.69) is 5.32 Å². The molecule has 0 aliphatic carbocycles. The van der Waals surface area contributed by atoms with Crippen LogP contribution in [-0.4, -0.2) is 22.8 Å². The number of rotatable bonds is 3. The second kappa shape index (κ2) is 5.79. The fraction of sp³-hybridized carbons (Fsp3) is 0.176. The average molecular weight is 316 g/mol. The molecule has 1 atom stereocenters. The van der Waals surface area contributed by atoms with Crippen molar-refractivity contribution in [3.05, 3.63) is 65.2 Å². The molecule has 0 saturated carbocycles. The lowest BCUT2D eigenvalue weighted by molar-refractivity contribution is -0.120. The molecule has 0 fully saturated rings. The number of hydrogen-bond donors (Lipinski definition) is 1. The summed E-state index contributed by atoms with van der Waals surface area (Å²) in [5.41, 5.74) is 1.30. The van der Waals surface area contributed by atoms with E-state index in [1.165, 1.54) is 4.90 Å². The highest BCUT2D eigenvalue weighted by atomic mass is 19.1. The summed E-state index contributed by atoms with van der Waals surface area (Å²) >= 11 is 0. The second-order valence-electron chi connectivity index (χ2n) is 5.38. The van der Waals surface area contributed by atoms with E-state index in [1.54, 1.807) is 19.1 Å². The zero-order chi connectivity index (χ0) is 16.6. The first-order chi connectivity index (χ1) is 11.0. The average Bonchev–Trinajstić information content (AvgIpc) is 2.87. The monoisotopic (exact) mass is 316 g/mol. The van der Waals surface area contributed by atoms with Crippen LogP contribution in [-0.2, 0) is 11.3 Å². The van der Waals surface area contributed by atoms with Gasteiger partial charge in [-0.25, -0.2) is 8.78 Å². The molecule has 3 rings (SSSR count). The van der Waals surface area contributed by atoms with Crippen LogP contribution in [0.2, 0.25) is 0 Å². The van der Waals surface area contributed by atoms with E-state index >= 15 is 0 Å². The van der Waals surface area contributed by atoms with E-state index < -0.39 is 23.6 Å². The summed E-state index contributed by atoms with van der Waals surface area (Å²) < 4.78 is 26.5. The Hall–Kier alpha value is -2.76. The Morgan fingerprint density at radius 1 is 1.22 bits per heavy atom. The van der Waals surface area contributed by atoms with E-state index in [4.69, 9.17) is 0 Å². The van der Waals surface area contributed by atoms with Crippen molar-refractivity contribution in [3.63, 3.8) is 0 Å². The summed E-state index contributed by atoms with van der Waals surface area (Å²) in [4.78, 5) is 26.0. The van der Waals surface area contributed by atoms with Gasteiger partial charge in [-0.15, -0.1) is 0 Å². The Bertz CT molecular complexity index is 792. The van der Waals surface area contributed by atoms with Crippen molar-refractivity contribution in [2.75, 3.05) is 5.32 Å². The third-order valence-corrected chi connectivity index (χ3v) is 3.89. The summed E-state index contributed by atoms with van der Waals surface area (Å²) in [6.45, 7) is 1.90. The van der Waals surface area contributed by atoms with Gasteiger partial charge in [0.05, 0.1) is 5.69 Å². The van der Waals surface area contributed by atoms with Gasteiger partial charge in [0.1, 0.15) is 17.7 Å². The van der Waals surface area contributed by atoms with E-state index in [9.17, 15) is 18.4 Å².